The fraction of sp³-hybridized carbons (Fsp3) is 0.267. The summed E-state index contributed by atoms with van der Waals surface area (Å²) in [5.74, 6) is -1.09. The van der Waals surface area contributed by atoms with Crippen molar-refractivity contribution in [3.05, 3.63) is 41.7 Å². The predicted molar refractivity (Wildman–Crippen MR) is 94.2 cm³/mol. The summed E-state index contributed by atoms with van der Waals surface area (Å²) < 4.78 is 35.8. The zero-order chi connectivity index (χ0) is 19.7. The Hall–Kier alpha value is -2.70. The molecule has 2 rings (SSSR count). The van der Waals surface area contributed by atoms with Crippen molar-refractivity contribution in [3.63, 3.8) is 0 Å². The molecule has 0 fully saturated rings. The predicted octanol–water partition coefficient (Wildman–Crippen LogP) is 0.579. The molecule has 2 heterocycles. The largest absolute Gasteiger partial charge is 0.467 e. The molecule has 12 heteroatoms. The lowest BCUT2D eigenvalue weighted by Gasteiger charge is -2.07. The summed E-state index contributed by atoms with van der Waals surface area (Å²) in [5, 5.41) is 5.98. The maximum Gasteiger partial charge on any atom is 0.321 e. The molecule has 0 aliphatic heterocycles. The van der Waals surface area contributed by atoms with Gasteiger partial charge in [-0.15, -0.1) is 11.3 Å². The minimum Gasteiger partial charge on any atom is -0.467 e. The first-order valence-electron chi connectivity index (χ1n) is 7.65. The first-order valence-corrected chi connectivity index (χ1v) is 10.0. The van der Waals surface area contributed by atoms with Gasteiger partial charge in [0.05, 0.1) is 19.2 Å². The fourth-order valence-corrected chi connectivity index (χ4v) is 3.85. The first kappa shape index (κ1) is 20.6. The third kappa shape index (κ3) is 7.21. The minimum atomic E-state index is -3.66. The van der Waals surface area contributed by atoms with Crippen molar-refractivity contribution in [2.45, 2.75) is 17.2 Å². The number of amides is 3. The average molecular weight is 415 g/mol. The minimum absolute atomic E-state index is 0.0935. The molecule has 0 unspecified atom stereocenters. The number of imide groups is 1. The monoisotopic (exact) mass is 415 g/mol. The van der Waals surface area contributed by atoms with Crippen LogP contribution in [0.1, 0.15) is 12.2 Å². The highest BCUT2D eigenvalue weighted by molar-refractivity contribution is 7.91. The molecule has 0 spiro atoms. The number of hydrogen-bond donors (Lipinski definition) is 3. The van der Waals surface area contributed by atoms with Crippen molar-refractivity contribution < 1.29 is 32.0 Å². The highest BCUT2D eigenvalue weighted by Gasteiger charge is 2.16. The molecule has 3 N–H and O–H groups in total. The summed E-state index contributed by atoms with van der Waals surface area (Å²) >= 11 is 1.05. The summed E-state index contributed by atoms with van der Waals surface area (Å²) in [4.78, 5) is 34.6. The van der Waals surface area contributed by atoms with Gasteiger partial charge in [-0.25, -0.2) is 17.9 Å². The summed E-state index contributed by atoms with van der Waals surface area (Å²) in [6.45, 7) is -0.745. The van der Waals surface area contributed by atoms with Gasteiger partial charge in [0.2, 0.25) is 10.0 Å². The lowest BCUT2D eigenvalue weighted by molar-refractivity contribution is -0.148. The van der Waals surface area contributed by atoms with Gasteiger partial charge in [-0.3, -0.25) is 14.9 Å². The molecule has 0 atom stereocenters. The van der Waals surface area contributed by atoms with Crippen LogP contribution in [0.25, 0.3) is 0 Å². The van der Waals surface area contributed by atoms with E-state index in [4.69, 9.17) is 4.42 Å². The normalized spacial score (nSPS) is 11.0. The van der Waals surface area contributed by atoms with Gasteiger partial charge in [0.25, 0.3) is 5.91 Å². The molecular weight excluding hydrogens is 398 g/mol. The number of hydrogen-bond acceptors (Lipinski definition) is 8. The quantitative estimate of drug-likeness (QED) is 0.508. The number of nitrogens with one attached hydrogen (secondary N) is 3. The standard InChI is InChI=1S/C15H17N3O7S2/c19-12(18-15(21)16-9-11-3-1-7-24-11)10-25-13(20)5-6-17-27(22,23)14-4-2-8-26-14/h1-4,7-8,17H,5-6,9-10H2,(H2,16,18,19,21). The molecule has 0 bridgehead atoms. The van der Waals surface area contributed by atoms with Crippen molar-refractivity contribution in [2.24, 2.45) is 0 Å². The summed E-state index contributed by atoms with van der Waals surface area (Å²) in [6.07, 6.45) is 1.18. The Kier molecular flexibility index (Phi) is 7.52. The van der Waals surface area contributed by atoms with Crippen LogP contribution in [-0.2, 0) is 30.9 Å². The molecule has 27 heavy (non-hydrogen) atoms. The highest BCUT2D eigenvalue weighted by atomic mass is 32.2. The van der Waals surface area contributed by atoms with Crippen molar-refractivity contribution in [3.8, 4) is 0 Å². The summed E-state index contributed by atoms with van der Waals surface area (Å²) in [5.41, 5.74) is 0. The van der Waals surface area contributed by atoms with Crippen LogP contribution >= 0.6 is 11.3 Å². The van der Waals surface area contributed by atoms with Crippen LogP contribution in [0.3, 0.4) is 0 Å². The maximum absolute atomic E-state index is 11.8. The molecule has 3 amide bonds. The molecular formula is C15H17N3O7S2. The number of carbonyl (C=O) groups is 3. The van der Waals surface area contributed by atoms with E-state index in [1.54, 1.807) is 23.6 Å². The van der Waals surface area contributed by atoms with E-state index in [-0.39, 0.29) is 23.7 Å². The van der Waals surface area contributed by atoms with Crippen LogP contribution in [0.2, 0.25) is 0 Å². The summed E-state index contributed by atoms with van der Waals surface area (Å²) in [7, 11) is -3.66. The Labute approximate surface area is 158 Å². The van der Waals surface area contributed by atoms with E-state index in [1.165, 1.54) is 12.3 Å². The van der Waals surface area contributed by atoms with E-state index < -0.39 is 34.5 Å². The lowest BCUT2D eigenvalue weighted by atomic mass is 10.4. The van der Waals surface area contributed by atoms with Gasteiger partial charge in [-0.2, -0.15) is 0 Å². The molecule has 0 aliphatic carbocycles. The lowest BCUT2D eigenvalue weighted by Crippen LogP contribution is -2.41. The van der Waals surface area contributed by atoms with Gasteiger partial charge in [0, 0.05) is 6.54 Å². The van der Waals surface area contributed by atoms with Crippen LogP contribution in [0.15, 0.2) is 44.5 Å². The number of esters is 1. The van der Waals surface area contributed by atoms with E-state index in [0.29, 0.717) is 5.76 Å². The van der Waals surface area contributed by atoms with Crippen molar-refractivity contribution in [2.75, 3.05) is 13.2 Å². The maximum atomic E-state index is 11.8. The molecule has 10 nitrogen and oxygen atoms in total. The second kappa shape index (κ2) is 9.85. The third-order valence-electron chi connectivity index (χ3n) is 3.00. The molecule has 2 aromatic rings. The van der Waals surface area contributed by atoms with Crippen LogP contribution in [0.5, 0.6) is 0 Å². The van der Waals surface area contributed by atoms with Crippen LogP contribution in [-0.4, -0.2) is 39.5 Å². The van der Waals surface area contributed by atoms with Crippen LogP contribution < -0.4 is 15.4 Å². The third-order valence-corrected chi connectivity index (χ3v) is 5.86. The average Bonchev–Trinajstić information content (AvgIpc) is 3.31. The van der Waals surface area contributed by atoms with Gasteiger partial charge in [-0.05, 0) is 23.6 Å². The topological polar surface area (TPSA) is 144 Å². The number of thiophene rings is 1. The molecule has 2 aromatic heterocycles. The van der Waals surface area contributed by atoms with Gasteiger partial charge < -0.3 is 14.5 Å². The first-order chi connectivity index (χ1) is 12.9. The van der Waals surface area contributed by atoms with E-state index in [9.17, 15) is 22.8 Å². The number of furan rings is 1. The molecule has 0 saturated heterocycles. The van der Waals surface area contributed by atoms with Crippen molar-refractivity contribution in [1.29, 1.82) is 0 Å². The zero-order valence-corrected chi connectivity index (χ0v) is 15.6. The molecule has 0 aliphatic rings. The summed E-state index contributed by atoms with van der Waals surface area (Å²) in [6, 6.07) is 5.57. The molecule has 0 aromatic carbocycles. The molecule has 146 valence electrons. The highest BCUT2D eigenvalue weighted by Crippen LogP contribution is 2.14. The van der Waals surface area contributed by atoms with Crippen molar-refractivity contribution in [1.82, 2.24) is 15.4 Å². The number of ether oxygens (including phenoxy) is 1. The second-order valence-corrected chi connectivity index (χ2v) is 7.99. The van der Waals surface area contributed by atoms with Gasteiger partial charge in [0.15, 0.2) is 6.61 Å². The Morgan fingerprint density at radius 2 is 2.00 bits per heavy atom. The van der Waals surface area contributed by atoms with Gasteiger partial charge in [-0.1, -0.05) is 6.07 Å². The second-order valence-electron chi connectivity index (χ2n) is 5.05. The van der Waals surface area contributed by atoms with E-state index in [2.05, 4.69) is 14.8 Å². The number of rotatable bonds is 9. The number of urea groups is 1. The molecule has 0 saturated carbocycles. The smallest absolute Gasteiger partial charge is 0.321 e. The van der Waals surface area contributed by atoms with Gasteiger partial charge >= 0.3 is 12.0 Å². The Balaban J connectivity index is 1.60. The van der Waals surface area contributed by atoms with Crippen LogP contribution in [0, 0.1) is 0 Å². The Bertz CT molecular complexity index is 861. The van der Waals surface area contributed by atoms with E-state index in [1.807, 2.05) is 5.32 Å². The fourth-order valence-electron chi connectivity index (χ4n) is 1.78. The Morgan fingerprint density at radius 3 is 2.67 bits per heavy atom. The molecule has 0 radical (unpaired) electrons. The van der Waals surface area contributed by atoms with E-state index in [0.717, 1.165) is 11.3 Å². The van der Waals surface area contributed by atoms with Crippen molar-refractivity contribution >= 4 is 39.3 Å². The van der Waals surface area contributed by atoms with Crippen LogP contribution in [0.4, 0.5) is 4.79 Å². The SMILES string of the molecule is O=C(COC(=O)CCNS(=O)(=O)c1cccs1)NC(=O)NCc1ccco1. The Morgan fingerprint density at radius 1 is 1.19 bits per heavy atom. The number of carbonyl (C=O) groups excluding carboxylic acids is 3. The zero-order valence-electron chi connectivity index (χ0n) is 14.0. The van der Waals surface area contributed by atoms with Gasteiger partial charge in [0.1, 0.15) is 9.97 Å². The van der Waals surface area contributed by atoms with E-state index >= 15 is 0 Å². The number of sulfonamides is 1.